The van der Waals surface area contributed by atoms with Gasteiger partial charge in [-0.15, -0.1) is 0 Å². The van der Waals surface area contributed by atoms with Gasteiger partial charge < -0.3 is 0 Å². The molecule has 0 radical (unpaired) electrons. The van der Waals surface area contributed by atoms with Crippen LogP contribution in [0.5, 0.6) is 0 Å². The van der Waals surface area contributed by atoms with Gasteiger partial charge in [0.2, 0.25) is 0 Å². The van der Waals surface area contributed by atoms with E-state index in [1.54, 1.807) is 0 Å². The van der Waals surface area contributed by atoms with Gasteiger partial charge in [0.25, 0.3) is 0 Å². The maximum Gasteiger partial charge on any atom is 0.0998 e. The average molecular weight is 301 g/mol. The molecule has 22 heavy (non-hydrogen) atoms. The van der Waals surface area contributed by atoms with Crippen molar-refractivity contribution in [3.05, 3.63) is 90.5 Å². The van der Waals surface area contributed by atoms with Gasteiger partial charge in [-0.25, -0.2) is 0 Å². The summed E-state index contributed by atoms with van der Waals surface area (Å²) in [5, 5.41) is 12.9. The number of nitriles is 1. The molecule has 0 aliphatic heterocycles. The van der Waals surface area contributed by atoms with Crippen molar-refractivity contribution >= 4 is 29.1 Å². The molecular formula is C20H16NP. The highest BCUT2D eigenvalue weighted by atomic mass is 31.2. The Morgan fingerprint density at radius 2 is 1.14 bits per heavy atom. The summed E-state index contributed by atoms with van der Waals surface area (Å²) < 4.78 is 0. The van der Waals surface area contributed by atoms with E-state index in [1.165, 1.54) is 10.6 Å². The van der Waals surface area contributed by atoms with Gasteiger partial charge in [-0.05, 0) is 23.6 Å². The third-order valence-electron chi connectivity index (χ3n) is 3.83. The van der Waals surface area contributed by atoms with Crippen LogP contribution in [0.25, 0.3) is 0 Å². The molecule has 0 heterocycles. The lowest BCUT2D eigenvalue weighted by molar-refractivity contribution is 1.50. The quantitative estimate of drug-likeness (QED) is 0.681. The molecule has 0 saturated heterocycles. The maximum atomic E-state index is 9.52. The summed E-state index contributed by atoms with van der Waals surface area (Å²) in [5.41, 5.74) is 0.707. The molecule has 0 bridgehead atoms. The van der Waals surface area contributed by atoms with Gasteiger partial charge in [0.1, 0.15) is 0 Å². The lowest BCUT2D eigenvalue weighted by Gasteiger charge is -2.27. The Morgan fingerprint density at radius 1 is 0.682 bits per heavy atom. The van der Waals surface area contributed by atoms with Crippen molar-refractivity contribution in [2.75, 3.05) is 0 Å². The van der Waals surface area contributed by atoms with E-state index in [2.05, 4.69) is 36.6 Å². The summed E-state index contributed by atoms with van der Waals surface area (Å²) in [6.45, 7) is -2.05. The van der Waals surface area contributed by atoms with Crippen molar-refractivity contribution in [1.29, 1.82) is 5.26 Å². The topological polar surface area (TPSA) is 23.8 Å². The third-order valence-corrected chi connectivity index (χ3v) is 7.40. The highest BCUT2D eigenvalue weighted by Crippen LogP contribution is 2.42. The molecule has 0 spiro atoms. The SMILES string of the molecule is C=P(c1ccccc1)(c1ccccc1)c1ccccc1C#N. The fourth-order valence-corrected chi connectivity index (χ4v) is 5.79. The van der Waals surface area contributed by atoms with Crippen LogP contribution < -0.4 is 15.9 Å². The predicted octanol–water partition coefficient (Wildman–Crippen LogP) is 3.28. The Morgan fingerprint density at radius 3 is 1.64 bits per heavy atom. The molecule has 0 amide bonds. The Hall–Kier alpha value is -2.55. The van der Waals surface area contributed by atoms with E-state index in [-0.39, 0.29) is 0 Å². The number of benzene rings is 3. The minimum atomic E-state index is -2.05. The molecule has 2 heteroatoms. The third kappa shape index (κ3) is 2.39. The molecule has 0 saturated carbocycles. The Balaban J connectivity index is 2.35. The Kier molecular flexibility index (Phi) is 3.96. The number of nitrogens with zero attached hydrogens (tertiary/aromatic N) is 1. The largest absolute Gasteiger partial charge is 0.192 e. The summed E-state index contributed by atoms with van der Waals surface area (Å²) in [5.74, 6) is 0. The molecule has 0 unspecified atom stereocenters. The van der Waals surface area contributed by atoms with Crippen LogP contribution in [0.15, 0.2) is 84.9 Å². The van der Waals surface area contributed by atoms with Gasteiger partial charge >= 0.3 is 0 Å². The van der Waals surface area contributed by atoms with E-state index in [0.717, 1.165) is 5.30 Å². The van der Waals surface area contributed by atoms with E-state index in [9.17, 15) is 5.26 Å². The zero-order valence-electron chi connectivity index (χ0n) is 12.2. The molecule has 0 aromatic heterocycles. The van der Waals surface area contributed by atoms with Crippen LogP contribution in [-0.2, 0) is 0 Å². The van der Waals surface area contributed by atoms with Gasteiger partial charge in [0.15, 0.2) is 0 Å². The normalized spacial score (nSPS) is 10.9. The van der Waals surface area contributed by atoms with Gasteiger partial charge in [-0.1, -0.05) is 85.2 Å². The fraction of sp³-hybridized carbons (Fsp3) is 0. The summed E-state index contributed by atoms with van der Waals surface area (Å²) in [6.07, 6.45) is 4.65. The van der Waals surface area contributed by atoms with Crippen molar-refractivity contribution in [3.8, 4) is 6.07 Å². The van der Waals surface area contributed by atoms with Crippen LogP contribution in [0, 0.1) is 11.3 Å². The maximum absolute atomic E-state index is 9.52. The Labute approximate surface area is 131 Å². The zero-order chi connectivity index (χ0) is 15.4. The van der Waals surface area contributed by atoms with E-state index >= 15 is 0 Å². The van der Waals surface area contributed by atoms with E-state index in [1.807, 2.05) is 60.7 Å². The van der Waals surface area contributed by atoms with E-state index in [0.29, 0.717) is 5.56 Å². The molecule has 0 fully saturated rings. The first-order valence-corrected chi connectivity index (χ1v) is 9.08. The lowest BCUT2D eigenvalue weighted by atomic mass is 10.2. The molecule has 1 nitrogen and oxygen atoms in total. The molecular weight excluding hydrogens is 285 g/mol. The minimum Gasteiger partial charge on any atom is -0.192 e. The first-order chi connectivity index (χ1) is 10.8. The van der Waals surface area contributed by atoms with Crippen molar-refractivity contribution in [2.24, 2.45) is 0 Å². The molecule has 3 aromatic rings. The second kappa shape index (κ2) is 6.06. The average Bonchev–Trinajstić information content (AvgIpc) is 2.62. The van der Waals surface area contributed by atoms with Crippen molar-refractivity contribution in [1.82, 2.24) is 0 Å². The molecule has 0 N–H and O–H groups in total. The molecule has 3 rings (SSSR count). The van der Waals surface area contributed by atoms with Crippen molar-refractivity contribution in [3.63, 3.8) is 0 Å². The van der Waals surface area contributed by atoms with Crippen LogP contribution in [0.4, 0.5) is 0 Å². The highest BCUT2D eigenvalue weighted by molar-refractivity contribution is 7.93. The number of hydrogen-bond donors (Lipinski definition) is 0. The first-order valence-electron chi connectivity index (χ1n) is 7.11. The van der Waals surface area contributed by atoms with Gasteiger partial charge in [0.05, 0.1) is 11.6 Å². The van der Waals surface area contributed by atoms with Crippen LogP contribution in [0.1, 0.15) is 5.56 Å². The summed E-state index contributed by atoms with van der Waals surface area (Å²) in [4.78, 5) is 0. The number of hydrogen-bond acceptors (Lipinski definition) is 1. The van der Waals surface area contributed by atoms with Crippen molar-refractivity contribution in [2.45, 2.75) is 0 Å². The van der Waals surface area contributed by atoms with Crippen LogP contribution in [-0.4, -0.2) is 6.30 Å². The number of rotatable bonds is 3. The standard InChI is InChI=1S/C20H16NP/c1-22(18-11-4-2-5-12-18,19-13-6-3-7-14-19)20-15-9-8-10-17(20)16-21/h2-15H,1H2. The second-order valence-corrected chi connectivity index (χ2v) is 8.24. The monoisotopic (exact) mass is 301 g/mol. The summed E-state index contributed by atoms with van der Waals surface area (Å²) >= 11 is 0. The van der Waals surface area contributed by atoms with Gasteiger partial charge in [-0.3, -0.25) is 0 Å². The first kappa shape index (κ1) is 14.4. The zero-order valence-corrected chi connectivity index (χ0v) is 13.1. The van der Waals surface area contributed by atoms with Crippen molar-refractivity contribution < 1.29 is 0 Å². The fourth-order valence-electron chi connectivity index (χ4n) is 2.69. The second-order valence-electron chi connectivity index (χ2n) is 5.11. The molecule has 0 aliphatic rings. The van der Waals surface area contributed by atoms with Gasteiger partial charge in [-0.2, -0.15) is 5.26 Å². The Bertz CT molecular complexity index is 817. The molecule has 0 aliphatic carbocycles. The lowest BCUT2D eigenvalue weighted by Crippen LogP contribution is -2.27. The smallest absolute Gasteiger partial charge is 0.0998 e. The van der Waals surface area contributed by atoms with E-state index < -0.39 is 6.89 Å². The minimum absolute atomic E-state index is 0.707. The van der Waals surface area contributed by atoms with E-state index in [4.69, 9.17) is 0 Å². The van der Waals surface area contributed by atoms with Gasteiger partial charge in [0, 0.05) is 5.30 Å². The van der Waals surface area contributed by atoms with Crippen LogP contribution in [0.2, 0.25) is 0 Å². The van der Waals surface area contributed by atoms with Crippen LogP contribution in [0.3, 0.4) is 0 Å². The van der Waals surface area contributed by atoms with Crippen LogP contribution >= 0.6 is 6.89 Å². The highest BCUT2D eigenvalue weighted by Gasteiger charge is 2.24. The summed E-state index contributed by atoms with van der Waals surface area (Å²) in [7, 11) is 0. The molecule has 3 aromatic carbocycles. The molecule has 106 valence electrons. The predicted molar refractivity (Wildman–Crippen MR) is 97.0 cm³/mol. The summed E-state index contributed by atoms with van der Waals surface area (Å²) in [6, 6.07) is 30.7. The molecule has 0 atom stereocenters.